The van der Waals surface area contributed by atoms with E-state index in [0.717, 1.165) is 37.1 Å². The Bertz CT molecular complexity index is 840. The molecule has 172 valence electrons. The van der Waals surface area contributed by atoms with Crippen molar-refractivity contribution < 1.29 is 33.4 Å². The highest BCUT2D eigenvalue weighted by molar-refractivity contribution is 6.27. The Morgan fingerprint density at radius 3 is 1.72 bits per heavy atom. The molecule has 4 N–H and O–H groups in total. The second-order valence-corrected chi connectivity index (χ2v) is 7.40. The van der Waals surface area contributed by atoms with Crippen LogP contribution >= 0.6 is 0 Å². The molecule has 2 aromatic rings. The van der Waals surface area contributed by atoms with Crippen molar-refractivity contribution in [2.24, 2.45) is 0 Å². The third kappa shape index (κ3) is 8.43. The molecule has 1 saturated heterocycles. The monoisotopic (exact) mass is 448 g/mol. The summed E-state index contributed by atoms with van der Waals surface area (Å²) >= 11 is 0. The highest BCUT2D eigenvalue weighted by atomic mass is 19.1. The summed E-state index contributed by atoms with van der Waals surface area (Å²) in [6.45, 7) is 1.86. The van der Waals surface area contributed by atoms with Gasteiger partial charge in [0.05, 0.1) is 0 Å². The SMILES string of the molecule is O=C(CCC(c1ccc(F)cc1)c1ccc(F)cc1)NC1CCNCC1.O=C(O)C(=O)O. The van der Waals surface area contributed by atoms with Crippen molar-refractivity contribution in [3.63, 3.8) is 0 Å². The van der Waals surface area contributed by atoms with Crippen LogP contribution in [-0.2, 0) is 14.4 Å². The lowest BCUT2D eigenvalue weighted by Crippen LogP contribution is -2.42. The number of hydrogen-bond donors (Lipinski definition) is 4. The first kappa shape index (κ1) is 24.9. The standard InChI is InChI=1S/C21H24F2N2O.C2H2O4/c22-17-5-1-15(2-6-17)20(16-3-7-18(23)8-4-16)9-10-21(26)25-19-11-13-24-14-12-19;3-1(4)2(5)6/h1-8,19-20,24H,9-14H2,(H,25,26);(H,3,4)(H,5,6). The molecule has 1 heterocycles. The van der Waals surface area contributed by atoms with E-state index >= 15 is 0 Å². The molecule has 0 aromatic heterocycles. The van der Waals surface area contributed by atoms with E-state index in [9.17, 15) is 13.6 Å². The third-order valence-electron chi connectivity index (χ3n) is 5.09. The summed E-state index contributed by atoms with van der Waals surface area (Å²) in [5.74, 6) is -4.28. The molecule has 1 fully saturated rings. The average Bonchev–Trinajstić information content (AvgIpc) is 2.77. The van der Waals surface area contributed by atoms with Crippen LogP contribution in [0.5, 0.6) is 0 Å². The average molecular weight is 448 g/mol. The Hall–Kier alpha value is -3.33. The van der Waals surface area contributed by atoms with Crippen LogP contribution in [-0.4, -0.2) is 47.2 Å². The van der Waals surface area contributed by atoms with Crippen molar-refractivity contribution in [3.05, 3.63) is 71.3 Å². The number of piperidine rings is 1. The fourth-order valence-electron chi connectivity index (χ4n) is 3.46. The van der Waals surface area contributed by atoms with Crippen molar-refractivity contribution in [2.45, 2.75) is 37.6 Å². The Labute approximate surface area is 184 Å². The van der Waals surface area contributed by atoms with E-state index in [4.69, 9.17) is 19.8 Å². The van der Waals surface area contributed by atoms with Gasteiger partial charge in [0.2, 0.25) is 5.91 Å². The van der Waals surface area contributed by atoms with Crippen molar-refractivity contribution in [3.8, 4) is 0 Å². The van der Waals surface area contributed by atoms with Gasteiger partial charge in [-0.1, -0.05) is 24.3 Å². The molecule has 2 aromatic carbocycles. The molecule has 3 rings (SSSR count). The summed E-state index contributed by atoms with van der Waals surface area (Å²) in [6, 6.07) is 12.8. The molecule has 0 saturated carbocycles. The summed E-state index contributed by atoms with van der Waals surface area (Å²) in [5.41, 5.74) is 1.85. The Balaban J connectivity index is 0.000000534. The van der Waals surface area contributed by atoms with E-state index < -0.39 is 11.9 Å². The maximum atomic E-state index is 13.3. The minimum Gasteiger partial charge on any atom is -0.473 e. The number of carbonyl (C=O) groups is 3. The molecule has 0 spiro atoms. The summed E-state index contributed by atoms with van der Waals surface area (Å²) in [5, 5.41) is 21.2. The van der Waals surface area contributed by atoms with E-state index in [0.29, 0.717) is 12.8 Å². The van der Waals surface area contributed by atoms with Crippen molar-refractivity contribution in [1.29, 1.82) is 0 Å². The Morgan fingerprint density at radius 1 is 0.875 bits per heavy atom. The van der Waals surface area contributed by atoms with Crippen LogP contribution in [0.4, 0.5) is 8.78 Å². The van der Waals surface area contributed by atoms with Gasteiger partial charge in [-0.2, -0.15) is 0 Å². The third-order valence-corrected chi connectivity index (χ3v) is 5.09. The second kappa shape index (κ2) is 12.5. The summed E-state index contributed by atoms with van der Waals surface area (Å²) < 4.78 is 26.5. The highest BCUT2D eigenvalue weighted by Crippen LogP contribution is 2.29. The van der Waals surface area contributed by atoms with Gasteiger partial charge in [0.1, 0.15) is 11.6 Å². The zero-order valence-corrected chi connectivity index (χ0v) is 17.4. The van der Waals surface area contributed by atoms with Gasteiger partial charge in [0, 0.05) is 18.4 Å². The molecule has 0 atom stereocenters. The number of carboxylic acids is 2. The lowest BCUT2D eigenvalue weighted by molar-refractivity contribution is -0.159. The number of aliphatic carboxylic acids is 2. The van der Waals surface area contributed by atoms with E-state index in [1.807, 2.05) is 0 Å². The number of carboxylic acid groups (broad SMARTS) is 2. The molecule has 32 heavy (non-hydrogen) atoms. The van der Waals surface area contributed by atoms with Gasteiger partial charge in [0.25, 0.3) is 0 Å². The smallest absolute Gasteiger partial charge is 0.414 e. The number of carbonyl (C=O) groups excluding carboxylic acids is 1. The first-order valence-corrected chi connectivity index (χ1v) is 10.2. The number of rotatable bonds is 6. The van der Waals surface area contributed by atoms with Crippen molar-refractivity contribution >= 4 is 17.8 Å². The molecule has 0 radical (unpaired) electrons. The van der Waals surface area contributed by atoms with Crippen molar-refractivity contribution in [1.82, 2.24) is 10.6 Å². The van der Waals surface area contributed by atoms with Crippen LogP contribution in [0.3, 0.4) is 0 Å². The van der Waals surface area contributed by atoms with Gasteiger partial charge < -0.3 is 20.8 Å². The molecular weight excluding hydrogens is 422 g/mol. The maximum absolute atomic E-state index is 13.3. The van der Waals surface area contributed by atoms with Crippen LogP contribution in [0.15, 0.2) is 48.5 Å². The largest absolute Gasteiger partial charge is 0.473 e. The molecule has 0 unspecified atom stereocenters. The predicted octanol–water partition coefficient (Wildman–Crippen LogP) is 2.90. The fourth-order valence-corrected chi connectivity index (χ4v) is 3.46. The van der Waals surface area contributed by atoms with Crippen LogP contribution < -0.4 is 10.6 Å². The van der Waals surface area contributed by atoms with E-state index in [1.165, 1.54) is 24.3 Å². The van der Waals surface area contributed by atoms with Crippen LogP contribution in [0, 0.1) is 11.6 Å². The zero-order valence-electron chi connectivity index (χ0n) is 17.4. The van der Waals surface area contributed by atoms with Gasteiger partial charge in [-0.15, -0.1) is 0 Å². The van der Waals surface area contributed by atoms with Crippen molar-refractivity contribution in [2.75, 3.05) is 13.1 Å². The highest BCUT2D eigenvalue weighted by Gasteiger charge is 2.19. The molecule has 7 nitrogen and oxygen atoms in total. The lowest BCUT2D eigenvalue weighted by Gasteiger charge is -2.24. The molecular formula is C23H26F2N2O5. The number of benzene rings is 2. The van der Waals surface area contributed by atoms with Gasteiger partial charge >= 0.3 is 11.9 Å². The number of nitrogens with one attached hydrogen (secondary N) is 2. The minimum absolute atomic E-state index is 0.0334. The van der Waals surface area contributed by atoms with Crippen LogP contribution in [0.25, 0.3) is 0 Å². The van der Waals surface area contributed by atoms with Gasteiger partial charge in [-0.05, 0) is 67.7 Å². The minimum atomic E-state index is -1.82. The number of halogens is 2. The first-order valence-electron chi connectivity index (χ1n) is 10.2. The Morgan fingerprint density at radius 2 is 1.31 bits per heavy atom. The molecule has 1 aliphatic heterocycles. The lowest BCUT2D eigenvalue weighted by atomic mass is 9.87. The molecule has 0 bridgehead atoms. The zero-order chi connectivity index (χ0) is 23.5. The van der Waals surface area contributed by atoms with E-state index in [-0.39, 0.29) is 29.5 Å². The van der Waals surface area contributed by atoms with Gasteiger partial charge in [0.15, 0.2) is 0 Å². The van der Waals surface area contributed by atoms with E-state index in [1.54, 1.807) is 24.3 Å². The van der Waals surface area contributed by atoms with E-state index in [2.05, 4.69) is 10.6 Å². The van der Waals surface area contributed by atoms with Crippen LogP contribution in [0.1, 0.15) is 42.7 Å². The summed E-state index contributed by atoms with van der Waals surface area (Å²) in [6.07, 6.45) is 2.87. The molecule has 1 aliphatic rings. The fraction of sp³-hybridized carbons (Fsp3) is 0.348. The summed E-state index contributed by atoms with van der Waals surface area (Å²) in [7, 11) is 0. The molecule has 1 amide bonds. The first-order chi connectivity index (χ1) is 15.3. The predicted molar refractivity (Wildman–Crippen MR) is 113 cm³/mol. The molecule has 0 aliphatic carbocycles. The Kier molecular flexibility index (Phi) is 9.75. The maximum Gasteiger partial charge on any atom is 0.414 e. The van der Waals surface area contributed by atoms with Gasteiger partial charge in [-0.25, -0.2) is 18.4 Å². The number of amides is 1. The quantitative estimate of drug-likeness (QED) is 0.505. The second-order valence-electron chi connectivity index (χ2n) is 7.40. The summed E-state index contributed by atoms with van der Waals surface area (Å²) in [4.78, 5) is 30.5. The topological polar surface area (TPSA) is 116 Å². The number of hydrogen-bond acceptors (Lipinski definition) is 4. The normalized spacial score (nSPS) is 13.7. The van der Waals surface area contributed by atoms with Crippen LogP contribution in [0.2, 0.25) is 0 Å². The van der Waals surface area contributed by atoms with Gasteiger partial charge in [-0.3, -0.25) is 4.79 Å². The molecule has 9 heteroatoms.